The van der Waals surface area contributed by atoms with Gasteiger partial charge in [-0.3, -0.25) is 10.1 Å². The number of hydrogen-bond acceptors (Lipinski definition) is 8. The molecule has 0 aliphatic rings. The van der Waals surface area contributed by atoms with Gasteiger partial charge in [0.25, 0.3) is 15.9 Å². The minimum Gasteiger partial charge on any atom is -0.497 e. The van der Waals surface area contributed by atoms with Crippen LogP contribution in [0, 0.1) is 6.92 Å². The highest BCUT2D eigenvalue weighted by Gasteiger charge is 2.21. The molecule has 3 aromatic rings. The molecule has 1 amide bonds. The number of hydrogen-bond donors (Lipinski definition) is 2. The van der Waals surface area contributed by atoms with Crippen molar-refractivity contribution in [3.05, 3.63) is 59.7 Å². The zero-order valence-corrected chi connectivity index (χ0v) is 17.9. The van der Waals surface area contributed by atoms with Crippen molar-refractivity contribution in [1.29, 1.82) is 0 Å². The van der Waals surface area contributed by atoms with Crippen molar-refractivity contribution >= 4 is 32.4 Å². The molecule has 0 saturated heterocycles. The maximum absolute atomic E-state index is 12.4. The zero-order valence-electron chi connectivity index (χ0n) is 16.3. The number of nitrogens with zero attached hydrogens (tertiary/aromatic N) is 2. The fraction of sp³-hybridized carbons (Fsp3) is 0.211. The molecule has 0 aliphatic heterocycles. The zero-order chi connectivity index (χ0) is 21.6. The molecule has 0 unspecified atom stereocenters. The van der Waals surface area contributed by atoms with Crippen LogP contribution >= 0.6 is 11.3 Å². The highest BCUT2D eigenvalue weighted by Crippen LogP contribution is 2.21. The molecule has 0 spiro atoms. The molecular weight excluding hydrogens is 428 g/mol. The van der Waals surface area contributed by atoms with Crippen LogP contribution in [0.15, 0.2) is 52.9 Å². The van der Waals surface area contributed by atoms with E-state index in [1.54, 1.807) is 43.5 Å². The second-order valence-electron chi connectivity index (χ2n) is 6.06. The lowest BCUT2D eigenvalue weighted by atomic mass is 10.1. The number of anilines is 1. The van der Waals surface area contributed by atoms with E-state index < -0.39 is 10.0 Å². The average Bonchev–Trinajstić information content (AvgIpc) is 3.21. The van der Waals surface area contributed by atoms with Gasteiger partial charge >= 0.3 is 0 Å². The van der Waals surface area contributed by atoms with Crippen LogP contribution in [0.3, 0.4) is 0 Å². The van der Waals surface area contributed by atoms with E-state index in [1.165, 1.54) is 0 Å². The third kappa shape index (κ3) is 5.53. The summed E-state index contributed by atoms with van der Waals surface area (Å²) in [4.78, 5) is 12.3. The highest BCUT2D eigenvalue weighted by molar-refractivity contribution is 7.91. The predicted molar refractivity (Wildman–Crippen MR) is 113 cm³/mol. The minimum absolute atomic E-state index is 0.0405. The lowest BCUT2D eigenvalue weighted by molar-refractivity contribution is 0.102. The van der Waals surface area contributed by atoms with Crippen molar-refractivity contribution in [3.63, 3.8) is 0 Å². The second kappa shape index (κ2) is 9.65. The first-order valence-electron chi connectivity index (χ1n) is 8.86. The van der Waals surface area contributed by atoms with Crippen LogP contribution < -0.4 is 19.5 Å². The lowest BCUT2D eigenvalue weighted by Crippen LogP contribution is -2.28. The quantitative estimate of drug-likeness (QED) is 0.381. The summed E-state index contributed by atoms with van der Waals surface area (Å²) in [6, 6.07) is 14.0. The number of nitrogens with one attached hydrogen (secondary N) is 2. The Balaban J connectivity index is 1.53. The summed E-state index contributed by atoms with van der Waals surface area (Å²) in [5.74, 6) is 0.908. The van der Waals surface area contributed by atoms with Crippen LogP contribution in [0.25, 0.3) is 0 Å². The van der Waals surface area contributed by atoms with Gasteiger partial charge in [0.05, 0.1) is 7.11 Å². The topological polar surface area (TPSA) is 120 Å². The molecule has 2 aromatic carbocycles. The molecule has 158 valence electrons. The Kier molecular flexibility index (Phi) is 6.98. The maximum atomic E-state index is 12.4. The van der Waals surface area contributed by atoms with Crippen molar-refractivity contribution in [3.8, 4) is 11.5 Å². The molecule has 0 saturated carbocycles. The first-order chi connectivity index (χ1) is 14.4. The summed E-state index contributed by atoms with van der Waals surface area (Å²) >= 11 is 0.768. The Labute approximate surface area is 178 Å². The van der Waals surface area contributed by atoms with Gasteiger partial charge in [-0.05, 0) is 42.8 Å². The Hall–Kier alpha value is -3.02. The van der Waals surface area contributed by atoms with Gasteiger partial charge in [-0.25, -0.2) is 13.1 Å². The van der Waals surface area contributed by atoms with Crippen LogP contribution in [-0.2, 0) is 10.0 Å². The number of benzene rings is 2. The Morgan fingerprint density at radius 3 is 2.47 bits per heavy atom. The normalized spacial score (nSPS) is 11.1. The molecular formula is C19H20N4O5S2. The monoisotopic (exact) mass is 448 g/mol. The minimum atomic E-state index is -3.87. The fourth-order valence-corrected chi connectivity index (χ4v) is 4.39. The second-order valence-corrected chi connectivity index (χ2v) is 8.98. The number of rotatable bonds is 9. The van der Waals surface area contributed by atoms with E-state index in [2.05, 4.69) is 20.2 Å². The fourth-order valence-electron chi connectivity index (χ4n) is 2.44. The molecule has 0 atom stereocenters. The average molecular weight is 449 g/mol. The maximum Gasteiger partial charge on any atom is 0.269 e. The predicted octanol–water partition coefficient (Wildman–Crippen LogP) is 2.46. The molecule has 1 aromatic heterocycles. The van der Waals surface area contributed by atoms with Crippen LogP contribution in [0.4, 0.5) is 5.13 Å². The molecule has 0 bridgehead atoms. The van der Waals surface area contributed by atoms with Crippen LogP contribution in [0.5, 0.6) is 11.5 Å². The lowest BCUT2D eigenvalue weighted by Gasteiger charge is -2.07. The molecule has 0 aliphatic carbocycles. The van der Waals surface area contributed by atoms with Crippen molar-refractivity contribution in [1.82, 2.24) is 14.9 Å². The number of methoxy groups -OCH3 is 1. The summed E-state index contributed by atoms with van der Waals surface area (Å²) in [7, 11) is -2.30. The van der Waals surface area contributed by atoms with Gasteiger partial charge < -0.3 is 9.47 Å². The summed E-state index contributed by atoms with van der Waals surface area (Å²) < 4.78 is 37.4. The highest BCUT2D eigenvalue weighted by atomic mass is 32.2. The van der Waals surface area contributed by atoms with E-state index in [0.717, 1.165) is 16.9 Å². The van der Waals surface area contributed by atoms with Crippen LogP contribution in [0.2, 0.25) is 0 Å². The molecule has 30 heavy (non-hydrogen) atoms. The SMILES string of the molecule is COc1ccc(OCCNS(=O)(=O)c2nnc(NC(=O)c3ccccc3C)s2)cc1. The number of amides is 1. The Bertz CT molecular complexity index is 1110. The van der Waals surface area contributed by atoms with Gasteiger partial charge in [-0.1, -0.05) is 29.5 Å². The first kappa shape index (κ1) is 21.7. The molecule has 3 rings (SSSR count). The van der Waals surface area contributed by atoms with Gasteiger partial charge in [-0.15, -0.1) is 10.2 Å². The van der Waals surface area contributed by atoms with Gasteiger partial charge in [0.2, 0.25) is 9.47 Å². The third-order valence-corrected chi connectivity index (χ3v) is 6.64. The van der Waals surface area contributed by atoms with E-state index in [-0.39, 0.29) is 28.5 Å². The van der Waals surface area contributed by atoms with Crippen molar-refractivity contribution in [2.45, 2.75) is 11.3 Å². The van der Waals surface area contributed by atoms with E-state index >= 15 is 0 Å². The largest absolute Gasteiger partial charge is 0.497 e. The summed E-state index contributed by atoms with van der Waals surface area (Å²) in [6.45, 7) is 1.98. The van der Waals surface area contributed by atoms with Gasteiger partial charge in [-0.2, -0.15) is 0 Å². The van der Waals surface area contributed by atoms with Crippen molar-refractivity contribution in [2.75, 3.05) is 25.6 Å². The number of carbonyl (C=O) groups excluding carboxylic acids is 1. The van der Waals surface area contributed by atoms with Crippen molar-refractivity contribution < 1.29 is 22.7 Å². The van der Waals surface area contributed by atoms with Gasteiger partial charge in [0.15, 0.2) is 0 Å². The smallest absolute Gasteiger partial charge is 0.269 e. The number of aryl methyl sites for hydroxylation is 1. The third-order valence-electron chi connectivity index (χ3n) is 3.97. The number of sulfonamides is 1. The van der Waals surface area contributed by atoms with E-state index in [1.807, 2.05) is 19.1 Å². The van der Waals surface area contributed by atoms with Crippen LogP contribution in [0.1, 0.15) is 15.9 Å². The number of aromatic nitrogens is 2. The van der Waals surface area contributed by atoms with E-state index in [9.17, 15) is 13.2 Å². The van der Waals surface area contributed by atoms with Gasteiger partial charge in [0, 0.05) is 12.1 Å². The Morgan fingerprint density at radius 2 is 1.77 bits per heavy atom. The molecule has 0 fully saturated rings. The molecule has 9 nitrogen and oxygen atoms in total. The molecule has 2 N–H and O–H groups in total. The standard InChI is InChI=1S/C19H20N4O5S2/c1-13-5-3-4-6-16(13)17(24)21-18-22-23-19(29-18)30(25,26)20-11-12-28-15-9-7-14(27-2)8-10-15/h3-10,20H,11-12H2,1-2H3,(H,21,22,24). The first-order valence-corrected chi connectivity index (χ1v) is 11.2. The number of ether oxygens (including phenoxy) is 2. The van der Waals surface area contributed by atoms with E-state index in [4.69, 9.17) is 9.47 Å². The molecule has 1 heterocycles. The summed E-state index contributed by atoms with van der Waals surface area (Å²) in [5.41, 5.74) is 1.27. The molecule has 0 radical (unpaired) electrons. The van der Waals surface area contributed by atoms with Gasteiger partial charge in [0.1, 0.15) is 18.1 Å². The van der Waals surface area contributed by atoms with E-state index in [0.29, 0.717) is 17.1 Å². The Morgan fingerprint density at radius 1 is 1.07 bits per heavy atom. The molecule has 11 heteroatoms. The number of carbonyl (C=O) groups is 1. The summed E-state index contributed by atoms with van der Waals surface area (Å²) in [6.07, 6.45) is 0. The van der Waals surface area contributed by atoms with Crippen LogP contribution in [-0.4, -0.2) is 44.8 Å². The van der Waals surface area contributed by atoms with Crippen molar-refractivity contribution in [2.24, 2.45) is 0 Å². The summed E-state index contributed by atoms with van der Waals surface area (Å²) in [5, 5.41) is 10.1.